The van der Waals surface area contributed by atoms with E-state index in [2.05, 4.69) is 9.98 Å². The van der Waals surface area contributed by atoms with E-state index in [0.29, 0.717) is 16.0 Å². The van der Waals surface area contributed by atoms with Crippen LogP contribution in [-0.4, -0.2) is 61.5 Å². The van der Waals surface area contributed by atoms with E-state index in [1.165, 1.54) is 36.9 Å². The van der Waals surface area contributed by atoms with Crippen LogP contribution in [0.1, 0.15) is 43.0 Å². The standard InChI is InChI=1S/C17H19N3O5S2.C17H19N3O3S2/c1-10-5-4-6-12(7-10)27(24,25)15-8-11(2)13(16(21)20-17(18)19)9-14(15)26(3,22)23;1-10-5-4-6-12(7-10)24-14-8-11(2)13(16(21)20-17(18)19)9-15(14)25(3,22)23/h4-9H,1-3H3,(H4,18,19,20,21);4-9H,1-3H3,(H4,18,19,20,21). The highest BCUT2D eigenvalue weighted by Crippen LogP contribution is 2.35. The molecule has 0 aromatic heterocycles. The molecule has 0 atom stereocenters. The smallest absolute Gasteiger partial charge is 0.280 e. The predicted octanol–water partition coefficient (Wildman–Crippen LogP) is 3.23. The highest BCUT2D eigenvalue weighted by molar-refractivity contribution is 8.00. The van der Waals surface area contributed by atoms with Crippen LogP contribution in [-0.2, 0) is 29.5 Å². The number of hydrogen-bond acceptors (Lipinski definition) is 9. The summed E-state index contributed by atoms with van der Waals surface area (Å²) >= 11 is 1.33. The highest BCUT2D eigenvalue weighted by atomic mass is 32.2. The monoisotopic (exact) mass is 786 g/mol. The molecule has 0 aliphatic rings. The fourth-order valence-electron chi connectivity index (χ4n) is 4.72. The van der Waals surface area contributed by atoms with Gasteiger partial charge in [0.25, 0.3) is 11.8 Å². The van der Waals surface area contributed by atoms with Crippen molar-refractivity contribution in [3.63, 3.8) is 0 Å². The van der Waals surface area contributed by atoms with Crippen LogP contribution in [0, 0.1) is 27.7 Å². The number of rotatable bonds is 8. The van der Waals surface area contributed by atoms with E-state index >= 15 is 0 Å². The Hall–Kier alpha value is -5.04. The molecule has 0 spiro atoms. The zero-order chi connectivity index (χ0) is 39.3. The molecule has 8 N–H and O–H groups in total. The van der Waals surface area contributed by atoms with E-state index in [1.807, 2.05) is 31.2 Å². The molecule has 2 amide bonds. The van der Waals surface area contributed by atoms with Crippen LogP contribution in [0.5, 0.6) is 0 Å². The van der Waals surface area contributed by atoms with Crippen molar-refractivity contribution in [2.45, 2.75) is 57.1 Å². The summed E-state index contributed by atoms with van der Waals surface area (Å²) in [6.07, 6.45) is 1.97. The lowest BCUT2D eigenvalue weighted by Crippen LogP contribution is -2.24. The summed E-state index contributed by atoms with van der Waals surface area (Å²) in [5.41, 5.74) is 23.5. The fourth-order valence-corrected chi connectivity index (χ4v) is 10.1. The molecule has 4 aromatic rings. The first-order valence-corrected chi connectivity index (χ1v) is 21.0. The van der Waals surface area contributed by atoms with E-state index in [0.717, 1.165) is 35.1 Å². The zero-order valence-electron chi connectivity index (χ0n) is 29.0. The molecule has 0 aliphatic carbocycles. The number of amides is 2. The Kier molecular flexibility index (Phi) is 12.8. The summed E-state index contributed by atoms with van der Waals surface area (Å²) < 4.78 is 75.0. The number of guanidine groups is 2. The topological polar surface area (TPSA) is 265 Å². The van der Waals surface area contributed by atoms with Gasteiger partial charge in [-0.1, -0.05) is 41.6 Å². The normalized spacial score (nSPS) is 11.5. The van der Waals surface area contributed by atoms with Crippen LogP contribution in [0.15, 0.2) is 112 Å². The van der Waals surface area contributed by atoms with Gasteiger partial charge in [-0.2, -0.15) is 9.98 Å². The number of aliphatic imine (C=N–C) groups is 2. The number of sulfone groups is 3. The first-order chi connectivity index (χ1) is 23.9. The summed E-state index contributed by atoms with van der Waals surface area (Å²) in [4.78, 5) is 31.7. The van der Waals surface area contributed by atoms with Crippen LogP contribution in [0.2, 0.25) is 0 Å². The third kappa shape index (κ3) is 10.5. The maximum atomic E-state index is 13.0. The van der Waals surface area contributed by atoms with Crippen molar-refractivity contribution in [3.8, 4) is 0 Å². The lowest BCUT2D eigenvalue weighted by atomic mass is 10.1. The van der Waals surface area contributed by atoms with Gasteiger partial charge >= 0.3 is 0 Å². The van der Waals surface area contributed by atoms with Gasteiger partial charge in [-0.05, 0) is 92.9 Å². The summed E-state index contributed by atoms with van der Waals surface area (Å²) in [5.74, 6) is -2.40. The molecule has 4 rings (SSSR count). The summed E-state index contributed by atoms with van der Waals surface area (Å²) in [6.45, 7) is 6.86. The Bertz CT molecular complexity index is 2470. The number of nitrogens with zero attached hydrogens (tertiary/aromatic N) is 2. The van der Waals surface area contributed by atoms with Gasteiger partial charge in [0.1, 0.15) is 0 Å². The molecule has 0 heterocycles. The van der Waals surface area contributed by atoms with Crippen molar-refractivity contribution >= 4 is 65.0 Å². The summed E-state index contributed by atoms with van der Waals surface area (Å²) in [5, 5.41) is 0. The number of carbonyl (C=O) groups is 2. The van der Waals surface area contributed by atoms with Gasteiger partial charge in [0.15, 0.2) is 31.6 Å². The van der Waals surface area contributed by atoms with Crippen molar-refractivity contribution in [3.05, 3.63) is 106 Å². The number of carbonyl (C=O) groups excluding carboxylic acids is 2. The first-order valence-electron chi connectivity index (χ1n) is 15.0. The SMILES string of the molecule is Cc1cccc(S(=O)(=O)c2cc(C)c(C(=O)N=C(N)N)cc2S(C)(=O)=O)c1.Cc1cccc(Sc2cc(C)c(C(=O)N=C(N)N)cc2S(C)(=O)=O)c1. The Morgan fingerprint density at radius 3 is 1.50 bits per heavy atom. The number of hydrogen-bond donors (Lipinski definition) is 4. The maximum absolute atomic E-state index is 13.0. The molecule has 0 saturated heterocycles. The average molecular weight is 787 g/mol. The van der Waals surface area contributed by atoms with Crippen LogP contribution < -0.4 is 22.9 Å². The van der Waals surface area contributed by atoms with Gasteiger partial charge in [-0.25, -0.2) is 25.3 Å². The average Bonchev–Trinajstić information content (AvgIpc) is 2.99. The van der Waals surface area contributed by atoms with Crippen LogP contribution in [0.25, 0.3) is 0 Å². The van der Waals surface area contributed by atoms with Crippen LogP contribution in [0.3, 0.4) is 0 Å². The summed E-state index contributed by atoms with van der Waals surface area (Å²) in [6, 6.07) is 19.0. The van der Waals surface area contributed by atoms with Crippen LogP contribution in [0.4, 0.5) is 0 Å². The molecule has 0 unspecified atom stereocenters. The number of nitrogens with two attached hydrogens (primary N) is 4. The van der Waals surface area contributed by atoms with Crippen molar-refractivity contribution in [1.82, 2.24) is 0 Å². The molecule has 14 nitrogen and oxygen atoms in total. The van der Waals surface area contributed by atoms with Gasteiger partial charge < -0.3 is 22.9 Å². The maximum Gasteiger partial charge on any atom is 0.280 e. The molecule has 0 fully saturated rings. The first kappa shape index (κ1) is 41.4. The Labute approximate surface area is 307 Å². The number of benzene rings is 4. The molecule has 0 saturated carbocycles. The molecule has 0 aliphatic heterocycles. The van der Waals surface area contributed by atoms with Crippen LogP contribution >= 0.6 is 11.8 Å². The second-order valence-corrected chi connectivity index (χ2v) is 18.7. The van der Waals surface area contributed by atoms with Gasteiger partial charge in [0.2, 0.25) is 9.84 Å². The highest BCUT2D eigenvalue weighted by Gasteiger charge is 2.28. The van der Waals surface area contributed by atoms with Gasteiger partial charge in [0, 0.05) is 33.4 Å². The third-order valence-electron chi connectivity index (χ3n) is 7.11. The molecule has 18 heteroatoms. The van der Waals surface area contributed by atoms with E-state index < -0.39 is 57.1 Å². The third-order valence-corrected chi connectivity index (χ3v) is 12.5. The van der Waals surface area contributed by atoms with Crippen molar-refractivity contribution in [2.24, 2.45) is 32.9 Å². The predicted molar refractivity (Wildman–Crippen MR) is 201 cm³/mol. The zero-order valence-corrected chi connectivity index (χ0v) is 32.3. The quantitative estimate of drug-likeness (QED) is 0.148. The van der Waals surface area contributed by atoms with E-state index in [9.17, 15) is 34.8 Å². The molecule has 0 radical (unpaired) electrons. The van der Waals surface area contributed by atoms with Crippen molar-refractivity contribution < 1.29 is 34.8 Å². The lowest BCUT2D eigenvalue weighted by Gasteiger charge is -2.13. The van der Waals surface area contributed by atoms with Crippen molar-refractivity contribution in [2.75, 3.05) is 12.5 Å². The lowest BCUT2D eigenvalue weighted by molar-refractivity contribution is 0.0993. The molecule has 52 heavy (non-hydrogen) atoms. The van der Waals surface area contributed by atoms with Gasteiger partial charge in [-0.3, -0.25) is 9.59 Å². The van der Waals surface area contributed by atoms with E-state index in [-0.39, 0.29) is 32.4 Å². The van der Waals surface area contributed by atoms with Gasteiger partial charge in [0.05, 0.1) is 19.6 Å². The Morgan fingerprint density at radius 1 is 0.577 bits per heavy atom. The Balaban J connectivity index is 0.000000281. The minimum absolute atomic E-state index is 0.0462. The van der Waals surface area contributed by atoms with Gasteiger partial charge in [-0.15, -0.1) is 0 Å². The van der Waals surface area contributed by atoms with E-state index in [4.69, 9.17) is 22.9 Å². The van der Waals surface area contributed by atoms with Crippen molar-refractivity contribution in [1.29, 1.82) is 0 Å². The summed E-state index contributed by atoms with van der Waals surface area (Å²) in [7, 11) is -11.7. The largest absolute Gasteiger partial charge is 0.370 e. The second-order valence-electron chi connectivity index (χ2n) is 11.7. The molecular weight excluding hydrogens is 749 g/mol. The molecular formula is C34H38N6O8S4. The molecule has 4 aromatic carbocycles. The molecule has 276 valence electrons. The van der Waals surface area contributed by atoms with E-state index in [1.54, 1.807) is 32.0 Å². The Morgan fingerprint density at radius 2 is 1.04 bits per heavy atom. The fraction of sp³-hybridized carbons (Fsp3) is 0.176. The minimum atomic E-state index is -4.14. The second kappa shape index (κ2) is 16.1. The number of aryl methyl sites for hydroxylation is 4. The molecule has 0 bridgehead atoms. The minimum Gasteiger partial charge on any atom is -0.370 e.